The highest BCUT2D eigenvalue weighted by molar-refractivity contribution is 5.31. The fraction of sp³-hybridized carbons (Fsp3) is 0.684. The van der Waals surface area contributed by atoms with E-state index in [1.165, 1.54) is 64.7 Å². The van der Waals surface area contributed by atoms with Crippen LogP contribution in [0.15, 0.2) is 24.3 Å². The Morgan fingerprint density at radius 1 is 1.10 bits per heavy atom. The molecule has 2 fully saturated rings. The topological polar surface area (TPSA) is 15.3 Å². The van der Waals surface area contributed by atoms with E-state index >= 15 is 0 Å². The average molecular weight is 286 g/mol. The number of hydrogen-bond donors (Lipinski definition) is 1. The van der Waals surface area contributed by atoms with Crippen molar-refractivity contribution in [2.45, 2.75) is 44.4 Å². The summed E-state index contributed by atoms with van der Waals surface area (Å²) in [6, 6.07) is 9.27. The van der Waals surface area contributed by atoms with E-state index in [1.807, 2.05) is 0 Å². The van der Waals surface area contributed by atoms with Crippen LogP contribution < -0.4 is 5.32 Å². The van der Waals surface area contributed by atoms with E-state index in [-0.39, 0.29) is 0 Å². The number of nitrogens with one attached hydrogen (secondary N) is 1. The number of benzene rings is 1. The van der Waals surface area contributed by atoms with Gasteiger partial charge in [-0.15, -0.1) is 0 Å². The van der Waals surface area contributed by atoms with Crippen molar-refractivity contribution < 1.29 is 0 Å². The first-order valence-electron chi connectivity index (χ1n) is 8.80. The van der Waals surface area contributed by atoms with Gasteiger partial charge in [-0.05, 0) is 94.7 Å². The second kappa shape index (κ2) is 7.42. The maximum absolute atomic E-state index is 3.56. The van der Waals surface area contributed by atoms with E-state index in [0.717, 1.165) is 11.8 Å². The Morgan fingerprint density at radius 3 is 2.86 bits per heavy atom. The molecule has 0 aliphatic carbocycles. The van der Waals surface area contributed by atoms with E-state index in [9.17, 15) is 0 Å². The molecule has 0 spiro atoms. The molecule has 2 heteroatoms. The molecule has 2 aliphatic rings. The molecule has 1 N–H and O–H groups in total. The summed E-state index contributed by atoms with van der Waals surface area (Å²) in [6.07, 6.45) is 8.06. The van der Waals surface area contributed by atoms with Gasteiger partial charge in [-0.3, -0.25) is 0 Å². The van der Waals surface area contributed by atoms with Crippen LogP contribution in [0, 0.1) is 5.92 Å². The van der Waals surface area contributed by atoms with Gasteiger partial charge in [-0.2, -0.15) is 0 Å². The Morgan fingerprint density at radius 2 is 2.00 bits per heavy atom. The number of likely N-dealkylation sites (tertiary alicyclic amines) is 1. The molecule has 21 heavy (non-hydrogen) atoms. The maximum atomic E-state index is 3.56. The smallest absolute Gasteiger partial charge is 0.00160 e. The molecule has 0 aromatic heterocycles. The highest BCUT2D eigenvalue weighted by Crippen LogP contribution is 2.31. The van der Waals surface area contributed by atoms with E-state index in [2.05, 4.69) is 41.5 Å². The van der Waals surface area contributed by atoms with Crippen LogP contribution in [0.4, 0.5) is 0 Å². The predicted molar refractivity (Wildman–Crippen MR) is 89.8 cm³/mol. The third-order valence-corrected chi connectivity index (χ3v) is 5.35. The zero-order valence-electron chi connectivity index (χ0n) is 13.5. The van der Waals surface area contributed by atoms with Crippen LogP contribution in [0.25, 0.3) is 0 Å². The Bertz CT molecular complexity index is 437. The largest absolute Gasteiger partial charge is 0.316 e. The molecule has 3 rings (SSSR count). The van der Waals surface area contributed by atoms with Crippen molar-refractivity contribution in [2.24, 2.45) is 5.92 Å². The van der Waals surface area contributed by atoms with Gasteiger partial charge in [0.25, 0.3) is 0 Å². The molecule has 2 unspecified atom stereocenters. The summed E-state index contributed by atoms with van der Waals surface area (Å²) in [6.45, 7) is 4.95. The van der Waals surface area contributed by atoms with Crippen molar-refractivity contribution in [3.63, 3.8) is 0 Å². The zero-order chi connectivity index (χ0) is 14.5. The molecule has 2 saturated heterocycles. The minimum Gasteiger partial charge on any atom is -0.316 e. The van der Waals surface area contributed by atoms with E-state index in [0.29, 0.717) is 0 Å². The summed E-state index contributed by atoms with van der Waals surface area (Å²) in [4.78, 5) is 2.49. The lowest BCUT2D eigenvalue weighted by Gasteiger charge is -2.25. The monoisotopic (exact) mass is 286 g/mol. The lowest BCUT2D eigenvalue weighted by atomic mass is 9.84. The third kappa shape index (κ3) is 4.08. The first-order chi connectivity index (χ1) is 10.3. The van der Waals surface area contributed by atoms with Crippen molar-refractivity contribution in [2.75, 3.05) is 33.2 Å². The predicted octanol–water partition coefficient (Wildman–Crippen LogP) is 3.43. The molecule has 1 aromatic carbocycles. The number of hydrogen-bond acceptors (Lipinski definition) is 2. The van der Waals surface area contributed by atoms with Crippen LogP contribution >= 0.6 is 0 Å². The SMILES string of the molecule is CN1CCCC(c2ccccc2CC2CCCNC2)CC1. The third-order valence-electron chi connectivity index (χ3n) is 5.35. The second-order valence-electron chi connectivity index (χ2n) is 7.05. The average Bonchev–Trinajstić information content (AvgIpc) is 2.74. The van der Waals surface area contributed by atoms with E-state index < -0.39 is 0 Å². The van der Waals surface area contributed by atoms with Gasteiger partial charge in [0.2, 0.25) is 0 Å². The molecule has 2 aliphatic heterocycles. The lowest BCUT2D eigenvalue weighted by Crippen LogP contribution is -2.31. The fourth-order valence-electron chi connectivity index (χ4n) is 4.08. The first kappa shape index (κ1) is 15.1. The van der Waals surface area contributed by atoms with Crippen LogP contribution in [0.1, 0.15) is 49.1 Å². The van der Waals surface area contributed by atoms with Gasteiger partial charge in [0.1, 0.15) is 0 Å². The van der Waals surface area contributed by atoms with Gasteiger partial charge in [-0.1, -0.05) is 24.3 Å². The second-order valence-corrected chi connectivity index (χ2v) is 7.05. The highest BCUT2D eigenvalue weighted by atomic mass is 15.1. The van der Waals surface area contributed by atoms with Crippen molar-refractivity contribution in [3.05, 3.63) is 35.4 Å². The quantitative estimate of drug-likeness (QED) is 0.916. The van der Waals surface area contributed by atoms with Crippen LogP contribution in [-0.2, 0) is 6.42 Å². The molecular formula is C19H30N2. The van der Waals surface area contributed by atoms with Gasteiger partial charge < -0.3 is 10.2 Å². The van der Waals surface area contributed by atoms with Gasteiger partial charge in [0.15, 0.2) is 0 Å². The summed E-state index contributed by atoms with van der Waals surface area (Å²) in [5.41, 5.74) is 3.28. The molecule has 0 saturated carbocycles. The number of piperidine rings is 1. The molecule has 2 heterocycles. The number of nitrogens with zero attached hydrogens (tertiary/aromatic N) is 1. The van der Waals surface area contributed by atoms with Gasteiger partial charge >= 0.3 is 0 Å². The zero-order valence-corrected chi connectivity index (χ0v) is 13.5. The van der Waals surface area contributed by atoms with Crippen LogP contribution in [0.2, 0.25) is 0 Å². The Hall–Kier alpha value is -0.860. The summed E-state index contributed by atoms with van der Waals surface area (Å²) in [5, 5.41) is 3.56. The minimum absolute atomic E-state index is 0.780. The summed E-state index contributed by atoms with van der Waals surface area (Å²) < 4.78 is 0. The molecule has 116 valence electrons. The summed E-state index contributed by atoms with van der Waals surface area (Å²) in [5.74, 6) is 1.62. The van der Waals surface area contributed by atoms with Crippen LogP contribution in [0.5, 0.6) is 0 Å². The van der Waals surface area contributed by atoms with Gasteiger partial charge in [0.05, 0.1) is 0 Å². The van der Waals surface area contributed by atoms with Crippen LogP contribution in [0.3, 0.4) is 0 Å². The fourth-order valence-corrected chi connectivity index (χ4v) is 4.08. The first-order valence-corrected chi connectivity index (χ1v) is 8.80. The molecule has 1 aromatic rings. The van der Waals surface area contributed by atoms with Gasteiger partial charge in [-0.25, -0.2) is 0 Å². The van der Waals surface area contributed by atoms with Crippen molar-refractivity contribution >= 4 is 0 Å². The summed E-state index contributed by atoms with van der Waals surface area (Å²) >= 11 is 0. The van der Waals surface area contributed by atoms with Gasteiger partial charge in [0, 0.05) is 0 Å². The molecule has 2 atom stereocenters. The Labute approximate surface area is 129 Å². The molecular weight excluding hydrogens is 256 g/mol. The lowest BCUT2D eigenvalue weighted by molar-refractivity contribution is 0.347. The standard InChI is InChI=1S/C19H30N2/c1-21-12-5-8-17(10-13-21)19-9-3-2-7-18(19)14-16-6-4-11-20-15-16/h2-3,7,9,16-17,20H,4-6,8,10-15H2,1H3. The Balaban J connectivity index is 1.72. The van der Waals surface area contributed by atoms with Crippen molar-refractivity contribution in [3.8, 4) is 0 Å². The van der Waals surface area contributed by atoms with Crippen molar-refractivity contribution in [1.29, 1.82) is 0 Å². The molecule has 0 bridgehead atoms. The Kier molecular flexibility index (Phi) is 5.32. The molecule has 0 amide bonds. The van der Waals surface area contributed by atoms with Crippen LogP contribution in [-0.4, -0.2) is 38.1 Å². The molecule has 0 radical (unpaired) electrons. The maximum Gasteiger partial charge on any atom is -0.00160 e. The normalized spacial score (nSPS) is 28.2. The molecule has 2 nitrogen and oxygen atoms in total. The summed E-state index contributed by atoms with van der Waals surface area (Å²) in [7, 11) is 2.27. The van der Waals surface area contributed by atoms with E-state index in [1.54, 1.807) is 11.1 Å². The highest BCUT2D eigenvalue weighted by Gasteiger charge is 2.21. The minimum atomic E-state index is 0.780. The van der Waals surface area contributed by atoms with Crippen molar-refractivity contribution in [1.82, 2.24) is 10.2 Å². The van der Waals surface area contributed by atoms with E-state index in [4.69, 9.17) is 0 Å². The number of rotatable bonds is 3.